The average Bonchev–Trinajstić information content (AvgIpc) is 2.29. The van der Waals surface area contributed by atoms with Crippen LogP contribution in [0.15, 0.2) is 22.7 Å². The molecule has 17 heavy (non-hydrogen) atoms. The Hall–Kier alpha value is -0.450. The maximum Gasteiger partial charge on any atom is 0.127 e. The van der Waals surface area contributed by atoms with Crippen molar-refractivity contribution in [2.45, 2.75) is 38.8 Å². The minimum Gasteiger partial charge on any atom is -0.377 e. The van der Waals surface area contributed by atoms with Gasteiger partial charge in [-0.25, -0.2) is 4.39 Å². The van der Waals surface area contributed by atoms with Crippen LogP contribution in [0.5, 0.6) is 0 Å². The van der Waals surface area contributed by atoms with Gasteiger partial charge in [0.1, 0.15) is 5.82 Å². The quantitative estimate of drug-likeness (QED) is 0.875. The second kappa shape index (κ2) is 7.09. The van der Waals surface area contributed by atoms with Crippen LogP contribution in [0.2, 0.25) is 0 Å². The number of hydrogen-bond acceptors (Lipinski definition) is 2. The molecule has 0 spiro atoms. The number of benzene rings is 1. The van der Waals surface area contributed by atoms with Crippen LogP contribution in [0.3, 0.4) is 0 Å². The molecule has 0 aliphatic rings. The van der Waals surface area contributed by atoms with Gasteiger partial charge in [0.25, 0.3) is 0 Å². The van der Waals surface area contributed by atoms with Gasteiger partial charge in [-0.2, -0.15) is 0 Å². The first kappa shape index (κ1) is 14.6. The molecular formula is C13H19BrFNO. The molecule has 2 atom stereocenters. The molecule has 0 saturated carbocycles. The molecule has 0 aliphatic carbocycles. The standard InChI is InChI=1S/C13H19BrFNO/c1-3-13(17-4-2)12(16)7-9-5-6-10(14)8-11(9)15/h5-6,8,12-13H,3-4,7,16H2,1-2H3. The van der Waals surface area contributed by atoms with Crippen LogP contribution in [0.25, 0.3) is 0 Å². The maximum atomic E-state index is 13.6. The van der Waals surface area contributed by atoms with Gasteiger partial charge in [-0.05, 0) is 37.5 Å². The highest BCUT2D eigenvalue weighted by molar-refractivity contribution is 9.10. The van der Waals surface area contributed by atoms with Gasteiger partial charge in [0.2, 0.25) is 0 Å². The van der Waals surface area contributed by atoms with E-state index in [1.165, 1.54) is 6.07 Å². The van der Waals surface area contributed by atoms with Gasteiger partial charge < -0.3 is 10.5 Å². The van der Waals surface area contributed by atoms with Crippen LogP contribution in [0, 0.1) is 5.82 Å². The van der Waals surface area contributed by atoms with Crippen molar-refractivity contribution in [3.63, 3.8) is 0 Å². The summed E-state index contributed by atoms with van der Waals surface area (Å²) in [5.74, 6) is -0.221. The van der Waals surface area contributed by atoms with Crippen molar-refractivity contribution in [2.75, 3.05) is 6.61 Å². The van der Waals surface area contributed by atoms with E-state index in [4.69, 9.17) is 10.5 Å². The number of rotatable bonds is 6. The van der Waals surface area contributed by atoms with Gasteiger partial charge in [0.05, 0.1) is 6.10 Å². The van der Waals surface area contributed by atoms with Gasteiger partial charge in [-0.1, -0.05) is 28.9 Å². The Morgan fingerprint density at radius 2 is 2.12 bits per heavy atom. The predicted molar refractivity (Wildman–Crippen MR) is 71.5 cm³/mol. The normalized spacial score (nSPS) is 14.6. The number of halogens is 2. The largest absolute Gasteiger partial charge is 0.377 e. The van der Waals surface area contributed by atoms with Crippen LogP contribution >= 0.6 is 15.9 Å². The molecule has 96 valence electrons. The zero-order valence-corrected chi connectivity index (χ0v) is 11.8. The summed E-state index contributed by atoms with van der Waals surface area (Å²) in [5.41, 5.74) is 6.69. The second-order valence-corrected chi connectivity index (χ2v) is 4.92. The molecule has 0 fully saturated rings. The Morgan fingerprint density at radius 3 is 2.65 bits per heavy atom. The van der Waals surface area contributed by atoms with E-state index in [1.807, 2.05) is 19.9 Å². The summed E-state index contributed by atoms with van der Waals surface area (Å²) in [6.07, 6.45) is 1.33. The molecule has 1 aromatic carbocycles. The molecule has 0 saturated heterocycles. The fourth-order valence-electron chi connectivity index (χ4n) is 1.83. The average molecular weight is 304 g/mol. The van der Waals surface area contributed by atoms with Gasteiger partial charge in [-0.15, -0.1) is 0 Å². The molecule has 2 unspecified atom stereocenters. The van der Waals surface area contributed by atoms with Crippen molar-refractivity contribution in [1.82, 2.24) is 0 Å². The summed E-state index contributed by atoms with van der Waals surface area (Å²) in [6, 6.07) is 4.88. The SMILES string of the molecule is CCOC(CC)C(N)Cc1ccc(Br)cc1F. The fraction of sp³-hybridized carbons (Fsp3) is 0.538. The highest BCUT2D eigenvalue weighted by Gasteiger charge is 2.18. The molecule has 1 aromatic rings. The van der Waals surface area contributed by atoms with E-state index >= 15 is 0 Å². The molecule has 0 bridgehead atoms. The Labute approximate surface area is 110 Å². The first-order valence-electron chi connectivity index (χ1n) is 5.89. The lowest BCUT2D eigenvalue weighted by atomic mass is 10.00. The molecule has 4 heteroatoms. The molecule has 2 nitrogen and oxygen atoms in total. The zero-order chi connectivity index (χ0) is 12.8. The van der Waals surface area contributed by atoms with E-state index < -0.39 is 0 Å². The monoisotopic (exact) mass is 303 g/mol. The molecule has 0 amide bonds. The van der Waals surface area contributed by atoms with Crippen LogP contribution in [0.4, 0.5) is 4.39 Å². The highest BCUT2D eigenvalue weighted by atomic mass is 79.9. The van der Waals surface area contributed by atoms with Crippen molar-refractivity contribution in [3.8, 4) is 0 Å². The Bertz CT molecular complexity index is 359. The lowest BCUT2D eigenvalue weighted by Crippen LogP contribution is -2.38. The number of nitrogens with two attached hydrogens (primary N) is 1. The van der Waals surface area contributed by atoms with E-state index in [-0.39, 0.29) is 18.0 Å². The summed E-state index contributed by atoms with van der Waals surface area (Å²) >= 11 is 3.23. The van der Waals surface area contributed by atoms with E-state index in [0.717, 1.165) is 10.9 Å². The van der Waals surface area contributed by atoms with Crippen LogP contribution in [0.1, 0.15) is 25.8 Å². The Morgan fingerprint density at radius 1 is 1.41 bits per heavy atom. The lowest BCUT2D eigenvalue weighted by molar-refractivity contribution is 0.0416. The summed E-state index contributed by atoms with van der Waals surface area (Å²) < 4.78 is 19.9. The lowest BCUT2D eigenvalue weighted by Gasteiger charge is -2.22. The van der Waals surface area contributed by atoms with Crippen LogP contribution in [-0.2, 0) is 11.2 Å². The summed E-state index contributed by atoms with van der Waals surface area (Å²) in [7, 11) is 0. The van der Waals surface area contributed by atoms with Gasteiger partial charge >= 0.3 is 0 Å². The van der Waals surface area contributed by atoms with Crippen molar-refractivity contribution in [2.24, 2.45) is 5.73 Å². The first-order valence-corrected chi connectivity index (χ1v) is 6.68. The molecule has 1 rings (SSSR count). The van der Waals surface area contributed by atoms with Crippen LogP contribution in [-0.4, -0.2) is 18.8 Å². The minimum absolute atomic E-state index is 0.0111. The smallest absolute Gasteiger partial charge is 0.127 e. The topological polar surface area (TPSA) is 35.2 Å². The zero-order valence-electron chi connectivity index (χ0n) is 10.2. The molecule has 0 aliphatic heterocycles. The highest BCUT2D eigenvalue weighted by Crippen LogP contribution is 2.17. The molecule has 0 radical (unpaired) electrons. The Balaban J connectivity index is 2.69. The molecule has 0 aromatic heterocycles. The predicted octanol–water partition coefficient (Wildman–Crippen LogP) is 3.27. The van der Waals surface area contributed by atoms with E-state index in [1.54, 1.807) is 6.07 Å². The second-order valence-electron chi connectivity index (χ2n) is 4.01. The van der Waals surface area contributed by atoms with Crippen molar-refractivity contribution >= 4 is 15.9 Å². The van der Waals surface area contributed by atoms with Crippen LogP contribution < -0.4 is 5.73 Å². The summed E-state index contributed by atoms with van der Waals surface area (Å²) in [5, 5.41) is 0. The molecule has 0 heterocycles. The number of ether oxygens (including phenoxy) is 1. The van der Waals surface area contributed by atoms with Gasteiger partial charge in [-0.3, -0.25) is 0 Å². The van der Waals surface area contributed by atoms with Gasteiger partial charge in [0, 0.05) is 17.1 Å². The minimum atomic E-state index is -0.221. The summed E-state index contributed by atoms with van der Waals surface area (Å²) in [6.45, 7) is 4.60. The van der Waals surface area contributed by atoms with E-state index in [9.17, 15) is 4.39 Å². The Kier molecular flexibility index (Phi) is 6.09. The molecular weight excluding hydrogens is 285 g/mol. The fourth-order valence-corrected chi connectivity index (χ4v) is 2.16. The van der Waals surface area contributed by atoms with Crippen molar-refractivity contribution in [3.05, 3.63) is 34.1 Å². The first-order chi connectivity index (χ1) is 8.08. The van der Waals surface area contributed by atoms with Crippen molar-refractivity contribution < 1.29 is 9.13 Å². The molecule has 2 N–H and O–H groups in total. The summed E-state index contributed by atoms with van der Waals surface area (Å²) in [4.78, 5) is 0. The third-order valence-corrected chi connectivity index (χ3v) is 3.22. The van der Waals surface area contributed by atoms with Gasteiger partial charge in [0.15, 0.2) is 0 Å². The third-order valence-electron chi connectivity index (χ3n) is 2.73. The maximum absolute atomic E-state index is 13.6. The number of hydrogen-bond donors (Lipinski definition) is 1. The van der Waals surface area contributed by atoms with Crippen molar-refractivity contribution in [1.29, 1.82) is 0 Å². The third kappa shape index (κ3) is 4.37. The van der Waals surface area contributed by atoms with E-state index in [2.05, 4.69) is 15.9 Å². The van der Waals surface area contributed by atoms with E-state index in [0.29, 0.717) is 18.6 Å².